The van der Waals surface area contributed by atoms with E-state index < -0.39 is 0 Å². The Labute approximate surface area is 148 Å². The minimum atomic E-state index is -0.0552. The molecule has 1 aromatic carbocycles. The lowest BCUT2D eigenvalue weighted by Crippen LogP contribution is -2.36. The number of anilines is 3. The fourth-order valence-corrected chi connectivity index (χ4v) is 3.78. The Bertz CT molecular complexity index is 671. The molecule has 1 aliphatic heterocycles. The van der Waals surface area contributed by atoms with Gasteiger partial charge >= 0.3 is 0 Å². The number of benzene rings is 1. The Morgan fingerprint density at radius 1 is 1.29 bits per heavy atom. The van der Waals surface area contributed by atoms with E-state index in [1.807, 2.05) is 24.3 Å². The van der Waals surface area contributed by atoms with Gasteiger partial charge in [0.2, 0.25) is 11.0 Å². The maximum Gasteiger partial charge on any atom is 0.234 e. The van der Waals surface area contributed by atoms with Crippen LogP contribution in [-0.4, -0.2) is 55.2 Å². The molecule has 2 heterocycles. The lowest BCUT2D eigenvalue weighted by Gasteiger charge is -2.28. The predicted octanol–water partition coefficient (Wildman–Crippen LogP) is 2.15. The summed E-state index contributed by atoms with van der Waals surface area (Å²) in [6.07, 6.45) is 0. The third kappa shape index (κ3) is 4.59. The largest absolute Gasteiger partial charge is 0.378 e. The number of carbonyl (C=O) groups excluding carboxylic acids is 1. The first-order chi connectivity index (χ1) is 11.7. The Morgan fingerprint density at radius 3 is 2.71 bits per heavy atom. The van der Waals surface area contributed by atoms with Gasteiger partial charge in [0.15, 0.2) is 4.34 Å². The number of nitrogens with zero attached hydrogens (tertiary/aromatic N) is 3. The van der Waals surface area contributed by atoms with E-state index in [4.69, 9.17) is 4.74 Å². The van der Waals surface area contributed by atoms with Crippen LogP contribution in [0.15, 0.2) is 28.6 Å². The molecule has 7 nitrogen and oxygen atoms in total. The minimum Gasteiger partial charge on any atom is -0.378 e. The van der Waals surface area contributed by atoms with E-state index in [1.54, 1.807) is 7.05 Å². The standard InChI is InChI=1S/C15H19N5O2S2/c1-16-14-18-19-15(24-14)23-10-13(21)17-11-2-4-12(5-3-11)20-6-8-22-9-7-20/h2-5H,6-10H2,1H3,(H,16,18)(H,17,21). The molecule has 128 valence electrons. The molecular formula is C15H19N5O2S2. The Balaban J connectivity index is 1.48. The highest BCUT2D eigenvalue weighted by Gasteiger charge is 2.11. The van der Waals surface area contributed by atoms with E-state index in [0.29, 0.717) is 5.75 Å². The van der Waals surface area contributed by atoms with Crippen LogP contribution in [0.2, 0.25) is 0 Å². The fraction of sp³-hybridized carbons (Fsp3) is 0.400. The lowest BCUT2D eigenvalue weighted by molar-refractivity contribution is -0.113. The number of carbonyl (C=O) groups is 1. The van der Waals surface area contributed by atoms with Gasteiger partial charge in [-0.2, -0.15) is 0 Å². The number of ether oxygens (including phenoxy) is 1. The molecule has 0 spiro atoms. The average molecular weight is 365 g/mol. The Morgan fingerprint density at radius 2 is 2.04 bits per heavy atom. The van der Waals surface area contributed by atoms with E-state index in [-0.39, 0.29) is 5.91 Å². The lowest BCUT2D eigenvalue weighted by atomic mass is 10.2. The zero-order chi connectivity index (χ0) is 16.8. The number of nitrogens with one attached hydrogen (secondary N) is 2. The predicted molar refractivity (Wildman–Crippen MR) is 98.3 cm³/mol. The van der Waals surface area contributed by atoms with Crippen molar-refractivity contribution in [3.05, 3.63) is 24.3 Å². The summed E-state index contributed by atoms with van der Waals surface area (Å²) in [5.74, 6) is 0.254. The van der Waals surface area contributed by atoms with Gasteiger partial charge in [-0.05, 0) is 24.3 Å². The maximum atomic E-state index is 12.0. The molecule has 1 amide bonds. The van der Waals surface area contributed by atoms with Gasteiger partial charge in [0.25, 0.3) is 0 Å². The number of thioether (sulfide) groups is 1. The van der Waals surface area contributed by atoms with Crippen LogP contribution >= 0.6 is 23.1 Å². The fourth-order valence-electron chi connectivity index (χ4n) is 2.27. The normalized spacial score (nSPS) is 14.5. The third-order valence-corrected chi connectivity index (χ3v) is 5.55. The van der Waals surface area contributed by atoms with E-state index in [2.05, 4.69) is 25.7 Å². The van der Waals surface area contributed by atoms with E-state index in [9.17, 15) is 4.79 Å². The van der Waals surface area contributed by atoms with Gasteiger partial charge in [-0.15, -0.1) is 10.2 Å². The van der Waals surface area contributed by atoms with Crippen LogP contribution in [0.3, 0.4) is 0 Å². The van der Waals surface area contributed by atoms with Crippen molar-refractivity contribution in [2.45, 2.75) is 4.34 Å². The molecule has 0 unspecified atom stereocenters. The second kappa shape index (κ2) is 8.32. The molecule has 3 rings (SSSR count). The van der Waals surface area contributed by atoms with E-state index >= 15 is 0 Å². The monoisotopic (exact) mass is 365 g/mol. The van der Waals surface area contributed by atoms with Crippen molar-refractivity contribution in [3.63, 3.8) is 0 Å². The molecule has 24 heavy (non-hydrogen) atoms. The van der Waals surface area contributed by atoms with Gasteiger partial charge in [-0.25, -0.2) is 0 Å². The minimum absolute atomic E-state index is 0.0552. The molecular weight excluding hydrogens is 346 g/mol. The van der Waals surface area contributed by atoms with Crippen LogP contribution in [0.5, 0.6) is 0 Å². The molecule has 1 aliphatic rings. The summed E-state index contributed by atoms with van der Waals surface area (Å²) in [7, 11) is 1.79. The first-order valence-corrected chi connectivity index (χ1v) is 9.41. The summed E-state index contributed by atoms with van der Waals surface area (Å²) in [5.41, 5.74) is 1.95. The highest BCUT2D eigenvalue weighted by molar-refractivity contribution is 8.01. The van der Waals surface area contributed by atoms with Crippen molar-refractivity contribution in [1.82, 2.24) is 10.2 Å². The van der Waals surface area contributed by atoms with Crippen molar-refractivity contribution >= 4 is 45.5 Å². The summed E-state index contributed by atoms with van der Waals surface area (Å²) in [6.45, 7) is 3.32. The Kier molecular flexibility index (Phi) is 5.89. The zero-order valence-corrected chi connectivity index (χ0v) is 15.0. The summed E-state index contributed by atoms with van der Waals surface area (Å²) >= 11 is 2.81. The van der Waals surface area contributed by atoms with Crippen molar-refractivity contribution in [2.24, 2.45) is 0 Å². The van der Waals surface area contributed by atoms with Crippen molar-refractivity contribution in [1.29, 1.82) is 0 Å². The molecule has 1 aromatic heterocycles. The average Bonchev–Trinajstić information content (AvgIpc) is 3.10. The molecule has 0 atom stereocenters. The summed E-state index contributed by atoms with van der Waals surface area (Å²) in [5, 5.41) is 14.5. The van der Waals surface area contributed by atoms with Crippen LogP contribution in [0, 0.1) is 0 Å². The molecule has 0 aliphatic carbocycles. The van der Waals surface area contributed by atoms with Crippen LogP contribution in [0.4, 0.5) is 16.5 Å². The van der Waals surface area contributed by atoms with Gasteiger partial charge in [0.1, 0.15) is 0 Å². The molecule has 1 fully saturated rings. The quantitative estimate of drug-likeness (QED) is 0.759. The number of aromatic nitrogens is 2. The number of hydrogen-bond donors (Lipinski definition) is 2. The summed E-state index contributed by atoms with van der Waals surface area (Å²) in [4.78, 5) is 14.3. The third-order valence-electron chi connectivity index (χ3n) is 3.47. The Hall–Kier alpha value is -1.84. The topological polar surface area (TPSA) is 79.4 Å². The van der Waals surface area contributed by atoms with Crippen molar-refractivity contribution < 1.29 is 9.53 Å². The van der Waals surface area contributed by atoms with Crippen LogP contribution in [-0.2, 0) is 9.53 Å². The molecule has 2 aromatic rings. The highest BCUT2D eigenvalue weighted by atomic mass is 32.2. The van der Waals surface area contributed by atoms with Crippen LogP contribution in [0.25, 0.3) is 0 Å². The van der Waals surface area contributed by atoms with Gasteiger partial charge in [0.05, 0.1) is 19.0 Å². The van der Waals surface area contributed by atoms with Gasteiger partial charge in [0, 0.05) is 31.5 Å². The van der Waals surface area contributed by atoms with Crippen molar-refractivity contribution in [3.8, 4) is 0 Å². The van der Waals surface area contributed by atoms with Gasteiger partial charge in [-0.1, -0.05) is 23.1 Å². The molecule has 9 heteroatoms. The number of amides is 1. The smallest absolute Gasteiger partial charge is 0.234 e. The zero-order valence-electron chi connectivity index (χ0n) is 13.3. The van der Waals surface area contributed by atoms with E-state index in [0.717, 1.165) is 47.1 Å². The SMILES string of the molecule is CNc1nnc(SCC(=O)Nc2ccc(N3CCOCC3)cc2)s1. The number of hydrogen-bond acceptors (Lipinski definition) is 8. The highest BCUT2D eigenvalue weighted by Crippen LogP contribution is 2.25. The maximum absolute atomic E-state index is 12.0. The van der Waals surface area contributed by atoms with Gasteiger partial charge in [-0.3, -0.25) is 4.79 Å². The molecule has 0 bridgehead atoms. The van der Waals surface area contributed by atoms with Crippen LogP contribution < -0.4 is 15.5 Å². The van der Waals surface area contributed by atoms with Crippen LogP contribution in [0.1, 0.15) is 0 Å². The number of morpholine rings is 1. The first kappa shape index (κ1) is 17.0. The molecule has 1 saturated heterocycles. The molecule has 2 N–H and O–H groups in total. The second-order valence-corrected chi connectivity index (χ2v) is 7.31. The second-order valence-electron chi connectivity index (χ2n) is 5.11. The number of rotatable bonds is 6. The summed E-state index contributed by atoms with van der Waals surface area (Å²) in [6, 6.07) is 7.91. The molecule has 0 radical (unpaired) electrons. The van der Waals surface area contributed by atoms with Gasteiger partial charge < -0.3 is 20.3 Å². The van der Waals surface area contributed by atoms with E-state index in [1.165, 1.54) is 23.1 Å². The first-order valence-electron chi connectivity index (χ1n) is 7.61. The van der Waals surface area contributed by atoms with Crippen molar-refractivity contribution in [2.75, 3.05) is 54.6 Å². The summed E-state index contributed by atoms with van der Waals surface area (Å²) < 4.78 is 6.13. The molecule has 0 saturated carbocycles.